The molecule has 0 N–H and O–H groups in total. The SMILES string of the molecule is N#C/C(=C/c1cn(-c2ccccc2)nc1-c1ccccc1)C(=O)[O-]. The number of aromatic nitrogens is 2. The van der Waals surface area contributed by atoms with Crippen LogP contribution in [0.3, 0.4) is 0 Å². The molecule has 116 valence electrons. The minimum Gasteiger partial charge on any atom is -0.544 e. The number of rotatable bonds is 4. The standard InChI is InChI=1S/C19H13N3O2/c20-12-15(19(23)24)11-16-13-22(17-9-5-2-6-10-17)21-18(16)14-7-3-1-4-8-14/h1-11,13H,(H,23,24)/p-1/b15-11-. The number of benzene rings is 2. The summed E-state index contributed by atoms with van der Waals surface area (Å²) in [6.07, 6.45) is 2.97. The maximum absolute atomic E-state index is 11.0. The number of carbonyl (C=O) groups is 1. The molecule has 1 heterocycles. The van der Waals surface area contributed by atoms with Gasteiger partial charge in [0.25, 0.3) is 0 Å². The Bertz CT molecular complexity index is 936. The van der Waals surface area contributed by atoms with E-state index >= 15 is 0 Å². The molecule has 0 amide bonds. The lowest BCUT2D eigenvalue weighted by atomic mass is 10.1. The van der Waals surface area contributed by atoms with Crippen LogP contribution in [-0.2, 0) is 4.79 Å². The van der Waals surface area contributed by atoms with Gasteiger partial charge in [-0.3, -0.25) is 0 Å². The van der Waals surface area contributed by atoms with Crippen molar-refractivity contribution in [2.45, 2.75) is 0 Å². The van der Waals surface area contributed by atoms with Crippen molar-refractivity contribution in [2.24, 2.45) is 0 Å². The second-order valence-electron chi connectivity index (χ2n) is 5.04. The van der Waals surface area contributed by atoms with Crippen LogP contribution in [0.1, 0.15) is 5.56 Å². The van der Waals surface area contributed by atoms with Gasteiger partial charge in [-0.2, -0.15) is 10.4 Å². The van der Waals surface area contributed by atoms with E-state index in [1.54, 1.807) is 16.9 Å². The molecule has 0 atom stereocenters. The van der Waals surface area contributed by atoms with Gasteiger partial charge in [-0.1, -0.05) is 48.5 Å². The third-order valence-electron chi connectivity index (χ3n) is 3.45. The fraction of sp³-hybridized carbons (Fsp3) is 0. The molecule has 24 heavy (non-hydrogen) atoms. The summed E-state index contributed by atoms with van der Waals surface area (Å²) in [5.41, 5.74) is 2.34. The van der Waals surface area contributed by atoms with Crippen molar-refractivity contribution in [3.8, 4) is 23.0 Å². The maximum atomic E-state index is 11.0. The van der Waals surface area contributed by atoms with E-state index in [-0.39, 0.29) is 0 Å². The quantitative estimate of drug-likeness (QED) is 0.546. The normalized spacial score (nSPS) is 11.0. The smallest absolute Gasteiger partial charge is 0.101 e. The van der Waals surface area contributed by atoms with Crippen LogP contribution in [-0.4, -0.2) is 15.7 Å². The van der Waals surface area contributed by atoms with Crippen LogP contribution in [0.2, 0.25) is 0 Å². The first-order valence-electron chi connectivity index (χ1n) is 7.22. The van der Waals surface area contributed by atoms with Gasteiger partial charge in [-0.05, 0) is 18.2 Å². The molecule has 3 rings (SSSR count). The Labute approximate surface area is 138 Å². The van der Waals surface area contributed by atoms with Crippen LogP contribution >= 0.6 is 0 Å². The molecule has 0 aliphatic rings. The van der Waals surface area contributed by atoms with Crippen LogP contribution in [0.4, 0.5) is 0 Å². The fourth-order valence-corrected chi connectivity index (χ4v) is 2.32. The number of hydrogen-bond donors (Lipinski definition) is 0. The molecule has 5 nitrogen and oxygen atoms in total. The lowest BCUT2D eigenvalue weighted by molar-refractivity contribution is -0.298. The number of carbonyl (C=O) groups excluding carboxylic acids is 1. The van der Waals surface area contributed by atoms with Crippen LogP contribution in [0, 0.1) is 11.3 Å². The monoisotopic (exact) mass is 314 g/mol. The Morgan fingerprint density at radius 1 is 1.08 bits per heavy atom. The van der Waals surface area contributed by atoms with Gasteiger partial charge in [0, 0.05) is 17.3 Å². The Balaban J connectivity index is 2.18. The van der Waals surface area contributed by atoms with Crippen molar-refractivity contribution >= 4 is 12.0 Å². The number of nitrogens with zero attached hydrogens (tertiary/aromatic N) is 3. The van der Waals surface area contributed by atoms with Crippen molar-refractivity contribution in [1.29, 1.82) is 5.26 Å². The van der Waals surface area contributed by atoms with Crippen LogP contribution in [0.25, 0.3) is 23.0 Å². The summed E-state index contributed by atoms with van der Waals surface area (Å²) in [5, 5.41) is 24.6. The lowest BCUT2D eigenvalue weighted by Gasteiger charge is -2.01. The number of aliphatic carboxylic acids is 1. The summed E-state index contributed by atoms with van der Waals surface area (Å²) in [7, 11) is 0. The minimum absolute atomic E-state index is 0.445. The van der Waals surface area contributed by atoms with E-state index in [0.29, 0.717) is 11.3 Å². The van der Waals surface area contributed by atoms with Gasteiger partial charge in [0.15, 0.2) is 0 Å². The molecule has 0 fully saturated rings. The molecule has 0 radical (unpaired) electrons. The highest BCUT2D eigenvalue weighted by atomic mass is 16.4. The van der Waals surface area contributed by atoms with Crippen molar-refractivity contribution in [3.05, 3.63) is 78.0 Å². The van der Waals surface area contributed by atoms with Crippen molar-refractivity contribution < 1.29 is 9.90 Å². The molecule has 0 aliphatic heterocycles. The Hall–Kier alpha value is -3.65. The maximum Gasteiger partial charge on any atom is 0.101 e. The number of hydrogen-bond acceptors (Lipinski definition) is 4. The predicted molar refractivity (Wildman–Crippen MR) is 87.6 cm³/mol. The van der Waals surface area contributed by atoms with E-state index in [1.165, 1.54) is 6.08 Å². The largest absolute Gasteiger partial charge is 0.544 e. The highest BCUT2D eigenvalue weighted by Gasteiger charge is 2.11. The molecule has 0 unspecified atom stereocenters. The van der Waals surface area contributed by atoms with E-state index in [9.17, 15) is 9.90 Å². The van der Waals surface area contributed by atoms with E-state index in [1.807, 2.05) is 60.7 Å². The van der Waals surface area contributed by atoms with Gasteiger partial charge < -0.3 is 9.90 Å². The molecule has 5 heteroatoms. The summed E-state index contributed by atoms with van der Waals surface area (Å²) in [6.45, 7) is 0. The summed E-state index contributed by atoms with van der Waals surface area (Å²) in [5.74, 6) is -1.51. The van der Waals surface area contributed by atoms with E-state index in [4.69, 9.17) is 5.26 Å². The average molecular weight is 314 g/mol. The fourth-order valence-electron chi connectivity index (χ4n) is 2.32. The first-order chi connectivity index (χ1) is 11.7. The minimum atomic E-state index is -1.51. The Morgan fingerprint density at radius 2 is 1.71 bits per heavy atom. The van der Waals surface area contributed by atoms with Gasteiger partial charge in [0.05, 0.1) is 22.9 Å². The number of carboxylic acids is 1. The van der Waals surface area contributed by atoms with Crippen LogP contribution in [0.15, 0.2) is 72.4 Å². The zero-order chi connectivity index (χ0) is 16.9. The molecule has 0 spiro atoms. The van der Waals surface area contributed by atoms with E-state index < -0.39 is 11.5 Å². The summed E-state index contributed by atoms with van der Waals surface area (Å²) in [4.78, 5) is 11.0. The third-order valence-corrected chi connectivity index (χ3v) is 3.45. The Morgan fingerprint density at radius 3 is 2.29 bits per heavy atom. The third kappa shape index (κ3) is 3.08. The molecule has 0 aliphatic carbocycles. The van der Waals surface area contributed by atoms with E-state index in [2.05, 4.69) is 5.10 Å². The van der Waals surface area contributed by atoms with Gasteiger partial charge >= 0.3 is 0 Å². The van der Waals surface area contributed by atoms with Crippen molar-refractivity contribution in [3.63, 3.8) is 0 Å². The van der Waals surface area contributed by atoms with Gasteiger partial charge in [0.2, 0.25) is 0 Å². The first-order valence-corrected chi connectivity index (χ1v) is 7.22. The lowest BCUT2D eigenvalue weighted by Crippen LogP contribution is -2.23. The van der Waals surface area contributed by atoms with Crippen molar-refractivity contribution in [1.82, 2.24) is 9.78 Å². The first kappa shape index (κ1) is 15.3. The number of nitriles is 1. The highest BCUT2D eigenvalue weighted by molar-refractivity contribution is 5.96. The second-order valence-corrected chi connectivity index (χ2v) is 5.04. The molecule has 0 saturated carbocycles. The molecular weight excluding hydrogens is 302 g/mol. The zero-order valence-electron chi connectivity index (χ0n) is 12.6. The molecule has 0 saturated heterocycles. The summed E-state index contributed by atoms with van der Waals surface area (Å²) in [6, 6.07) is 20.5. The van der Waals surface area contributed by atoms with Crippen molar-refractivity contribution in [2.75, 3.05) is 0 Å². The zero-order valence-corrected chi connectivity index (χ0v) is 12.6. The molecule has 0 bridgehead atoms. The van der Waals surface area contributed by atoms with Gasteiger partial charge in [-0.25, -0.2) is 4.68 Å². The predicted octanol–water partition coefficient (Wildman–Crippen LogP) is 2.20. The number of carboxylic acid groups (broad SMARTS) is 1. The van der Waals surface area contributed by atoms with Crippen LogP contribution in [0.5, 0.6) is 0 Å². The average Bonchev–Trinajstić information content (AvgIpc) is 3.05. The van der Waals surface area contributed by atoms with Gasteiger partial charge in [0.1, 0.15) is 6.07 Å². The topological polar surface area (TPSA) is 81.7 Å². The molecule has 3 aromatic rings. The number of para-hydroxylation sites is 1. The molecule has 2 aromatic carbocycles. The Kier molecular flexibility index (Phi) is 4.21. The summed E-state index contributed by atoms with van der Waals surface area (Å²) < 4.78 is 1.65. The van der Waals surface area contributed by atoms with E-state index in [0.717, 1.165) is 11.3 Å². The van der Waals surface area contributed by atoms with Crippen LogP contribution < -0.4 is 5.11 Å². The molecular formula is C19H12N3O2-. The molecule has 1 aromatic heterocycles. The summed E-state index contributed by atoms with van der Waals surface area (Å²) >= 11 is 0. The second kappa shape index (κ2) is 6.63. The van der Waals surface area contributed by atoms with Gasteiger partial charge in [-0.15, -0.1) is 0 Å². The highest BCUT2D eigenvalue weighted by Crippen LogP contribution is 2.25.